The fraction of sp³-hybridized carbons (Fsp3) is 0.333. The van der Waals surface area contributed by atoms with Gasteiger partial charge in [0.05, 0.1) is 11.9 Å². The minimum Gasteiger partial charge on any atom is -0.354 e. The minimum absolute atomic E-state index is 0.0724. The third-order valence-electron chi connectivity index (χ3n) is 6.31. The van der Waals surface area contributed by atoms with Crippen LogP contribution in [0.15, 0.2) is 77.3 Å². The number of carbonyl (C=O) groups excluding carboxylic acids is 2. The molecule has 2 amide bonds. The zero-order chi connectivity index (χ0) is 29.4. The lowest BCUT2D eigenvalue weighted by atomic mass is 10.0. The lowest BCUT2D eigenvalue weighted by molar-refractivity contribution is -0.140. The zero-order valence-corrected chi connectivity index (χ0v) is 26.3. The third kappa shape index (κ3) is 9.08. The molecule has 0 unspecified atom stereocenters. The number of anilines is 1. The van der Waals surface area contributed by atoms with Crippen molar-refractivity contribution in [3.63, 3.8) is 0 Å². The molecule has 0 heterocycles. The van der Waals surface area contributed by atoms with Crippen LogP contribution in [0.1, 0.15) is 30.5 Å². The van der Waals surface area contributed by atoms with E-state index in [4.69, 9.17) is 11.6 Å². The van der Waals surface area contributed by atoms with Crippen LogP contribution in [0.4, 0.5) is 5.69 Å². The first kappa shape index (κ1) is 31.6. The Balaban J connectivity index is 2.06. The molecule has 0 aliphatic heterocycles. The van der Waals surface area contributed by atoms with Gasteiger partial charge in [0.1, 0.15) is 12.6 Å². The van der Waals surface area contributed by atoms with E-state index in [2.05, 4.69) is 21.2 Å². The van der Waals surface area contributed by atoms with Crippen LogP contribution in [0.5, 0.6) is 0 Å². The first-order chi connectivity index (χ1) is 18.8. The number of sulfonamides is 1. The molecule has 1 N–H and O–H groups in total. The zero-order valence-electron chi connectivity index (χ0n) is 23.1. The number of benzene rings is 3. The molecular formula is C30H35BrClN3O4S. The van der Waals surface area contributed by atoms with Crippen molar-refractivity contribution >= 4 is 55.1 Å². The summed E-state index contributed by atoms with van der Waals surface area (Å²) in [6.45, 7) is 5.87. The Labute approximate surface area is 250 Å². The van der Waals surface area contributed by atoms with Crippen LogP contribution in [0.3, 0.4) is 0 Å². The molecule has 0 fully saturated rings. The molecule has 0 spiro atoms. The number of amides is 2. The summed E-state index contributed by atoms with van der Waals surface area (Å²) in [5.74, 6) is -0.607. The van der Waals surface area contributed by atoms with Gasteiger partial charge in [0.25, 0.3) is 0 Å². The van der Waals surface area contributed by atoms with Crippen molar-refractivity contribution in [2.24, 2.45) is 5.92 Å². The Hall–Kier alpha value is -2.88. The van der Waals surface area contributed by atoms with Gasteiger partial charge in [0.2, 0.25) is 21.8 Å². The van der Waals surface area contributed by atoms with Crippen molar-refractivity contribution in [3.8, 4) is 0 Å². The lowest BCUT2D eigenvalue weighted by Crippen LogP contribution is -2.53. The Morgan fingerprint density at radius 2 is 1.65 bits per heavy atom. The van der Waals surface area contributed by atoms with Crippen LogP contribution in [-0.2, 0) is 32.6 Å². The van der Waals surface area contributed by atoms with Gasteiger partial charge in [-0.3, -0.25) is 13.9 Å². The summed E-state index contributed by atoms with van der Waals surface area (Å²) in [6.07, 6.45) is 1.32. The number of hydrogen-bond donors (Lipinski definition) is 1. The average molecular weight is 649 g/mol. The van der Waals surface area contributed by atoms with E-state index in [-0.39, 0.29) is 24.8 Å². The molecule has 10 heteroatoms. The quantitative estimate of drug-likeness (QED) is 0.278. The molecule has 0 saturated heterocycles. The monoisotopic (exact) mass is 647 g/mol. The van der Waals surface area contributed by atoms with Gasteiger partial charge in [-0.05, 0) is 59.9 Å². The molecular weight excluding hydrogens is 614 g/mol. The largest absolute Gasteiger partial charge is 0.354 e. The molecule has 0 radical (unpaired) electrons. The van der Waals surface area contributed by atoms with Crippen molar-refractivity contribution in [2.75, 3.05) is 23.7 Å². The SMILES string of the molecule is Cc1cc(N(CC(=O)N(Cc2cccc(Cl)c2)[C@@H](Cc2ccccc2)C(=O)NCC(C)C)S(C)(=O)=O)ccc1Br. The standard InChI is InChI=1S/C30H35BrClN3O4S/c1-21(2)18-33-30(37)28(17-23-9-6-5-7-10-23)34(19-24-11-8-12-25(32)16-24)29(36)20-35(40(4,38)39)26-13-14-27(31)22(3)15-26/h5-16,21,28H,17-20H2,1-4H3,(H,33,37)/t28-/m0/s1. The summed E-state index contributed by atoms with van der Waals surface area (Å²) in [7, 11) is -3.83. The Bertz CT molecular complexity index is 1430. The first-order valence-electron chi connectivity index (χ1n) is 12.9. The second kappa shape index (κ2) is 14.1. The summed E-state index contributed by atoms with van der Waals surface area (Å²) in [6, 6.07) is 20.7. The molecule has 7 nitrogen and oxygen atoms in total. The van der Waals surface area contributed by atoms with Gasteiger partial charge in [-0.15, -0.1) is 0 Å². The van der Waals surface area contributed by atoms with Crippen LogP contribution in [0.2, 0.25) is 5.02 Å². The fourth-order valence-corrected chi connectivity index (χ4v) is 5.51. The predicted octanol–water partition coefficient (Wildman–Crippen LogP) is 5.59. The number of nitrogens with zero attached hydrogens (tertiary/aromatic N) is 2. The molecule has 0 aromatic heterocycles. The second-order valence-electron chi connectivity index (χ2n) is 10.2. The molecule has 1 atom stereocenters. The van der Waals surface area contributed by atoms with Gasteiger partial charge in [0.15, 0.2) is 0 Å². The first-order valence-corrected chi connectivity index (χ1v) is 16.0. The summed E-state index contributed by atoms with van der Waals surface area (Å²) in [5, 5.41) is 3.47. The predicted molar refractivity (Wildman–Crippen MR) is 165 cm³/mol. The molecule has 0 aliphatic rings. The summed E-state index contributed by atoms with van der Waals surface area (Å²) >= 11 is 9.68. The van der Waals surface area contributed by atoms with E-state index >= 15 is 0 Å². The maximum Gasteiger partial charge on any atom is 0.244 e. The van der Waals surface area contributed by atoms with Crippen molar-refractivity contribution in [1.29, 1.82) is 0 Å². The van der Waals surface area contributed by atoms with Crippen LogP contribution in [-0.4, -0.2) is 50.5 Å². The van der Waals surface area contributed by atoms with Crippen LogP contribution in [0.25, 0.3) is 0 Å². The van der Waals surface area contributed by atoms with Gasteiger partial charge >= 0.3 is 0 Å². The Kier molecular flexibility index (Phi) is 11.2. The van der Waals surface area contributed by atoms with E-state index in [9.17, 15) is 18.0 Å². The Morgan fingerprint density at radius 3 is 2.25 bits per heavy atom. The van der Waals surface area contributed by atoms with E-state index < -0.39 is 28.5 Å². The van der Waals surface area contributed by atoms with Gasteiger partial charge in [0, 0.05) is 29.0 Å². The van der Waals surface area contributed by atoms with Crippen molar-refractivity contribution in [3.05, 3.63) is 99.0 Å². The number of aryl methyl sites for hydroxylation is 1. The van der Waals surface area contributed by atoms with Crippen LogP contribution >= 0.6 is 27.5 Å². The third-order valence-corrected chi connectivity index (χ3v) is 8.57. The molecule has 0 aliphatic carbocycles. The highest BCUT2D eigenvalue weighted by atomic mass is 79.9. The summed E-state index contributed by atoms with van der Waals surface area (Å²) in [5.41, 5.74) is 2.79. The highest BCUT2D eigenvalue weighted by molar-refractivity contribution is 9.10. The lowest BCUT2D eigenvalue weighted by Gasteiger charge is -2.33. The van der Waals surface area contributed by atoms with Gasteiger partial charge in [-0.2, -0.15) is 0 Å². The maximum atomic E-state index is 14.1. The molecule has 0 bridgehead atoms. The van der Waals surface area contributed by atoms with Crippen LogP contribution < -0.4 is 9.62 Å². The number of hydrogen-bond acceptors (Lipinski definition) is 4. The Morgan fingerprint density at radius 1 is 0.975 bits per heavy atom. The van der Waals surface area contributed by atoms with Gasteiger partial charge in [-0.1, -0.05) is 83.8 Å². The van der Waals surface area contributed by atoms with E-state index in [0.29, 0.717) is 17.3 Å². The number of carbonyl (C=O) groups is 2. The van der Waals surface area contributed by atoms with E-state index in [1.165, 1.54) is 4.90 Å². The highest BCUT2D eigenvalue weighted by Crippen LogP contribution is 2.25. The second-order valence-corrected chi connectivity index (χ2v) is 13.4. The molecule has 3 aromatic carbocycles. The van der Waals surface area contributed by atoms with E-state index in [0.717, 1.165) is 31.7 Å². The van der Waals surface area contributed by atoms with Gasteiger partial charge < -0.3 is 10.2 Å². The molecule has 214 valence electrons. The highest BCUT2D eigenvalue weighted by Gasteiger charge is 2.33. The van der Waals surface area contributed by atoms with Crippen molar-refractivity contribution in [2.45, 2.75) is 39.8 Å². The van der Waals surface area contributed by atoms with Crippen molar-refractivity contribution < 1.29 is 18.0 Å². The van der Waals surface area contributed by atoms with Crippen molar-refractivity contribution in [1.82, 2.24) is 10.2 Å². The van der Waals surface area contributed by atoms with E-state index in [1.54, 1.807) is 36.4 Å². The number of halogens is 2. The summed E-state index contributed by atoms with van der Waals surface area (Å²) < 4.78 is 27.7. The van der Waals surface area contributed by atoms with Gasteiger partial charge in [-0.25, -0.2) is 8.42 Å². The normalized spacial score (nSPS) is 12.2. The smallest absolute Gasteiger partial charge is 0.244 e. The summed E-state index contributed by atoms with van der Waals surface area (Å²) in [4.78, 5) is 29.2. The average Bonchev–Trinajstić information content (AvgIpc) is 2.89. The van der Waals surface area contributed by atoms with E-state index in [1.807, 2.05) is 57.2 Å². The molecule has 3 rings (SSSR count). The minimum atomic E-state index is -3.83. The molecule has 0 saturated carbocycles. The maximum absolute atomic E-state index is 14.1. The van der Waals surface area contributed by atoms with Crippen LogP contribution in [0, 0.1) is 12.8 Å². The topological polar surface area (TPSA) is 86.8 Å². The number of nitrogens with one attached hydrogen (secondary N) is 1. The molecule has 3 aromatic rings. The number of rotatable bonds is 12. The fourth-order valence-electron chi connectivity index (χ4n) is 4.21. The molecule has 40 heavy (non-hydrogen) atoms.